The topological polar surface area (TPSA) is 95.5 Å². The molecule has 2 heterocycles. The van der Waals surface area contributed by atoms with Gasteiger partial charge < -0.3 is 20.0 Å². The molecule has 0 aliphatic heterocycles. The molecule has 0 saturated heterocycles. The van der Waals surface area contributed by atoms with Crippen LogP contribution in [-0.4, -0.2) is 24.5 Å². The van der Waals surface area contributed by atoms with Gasteiger partial charge in [0, 0.05) is 27.7 Å². The van der Waals surface area contributed by atoms with Gasteiger partial charge >= 0.3 is 5.97 Å². The molecule has 0 spiro atoms. The summed E-state index contributed by atoms with van der Waals surface area (Å²) >= 11 is 2.70. The van der Waals surface area contributed by atoms with Gasteiger partial charge in [-0.3, -0.25) is 4.79 Å². The summed E-state index contributed by atoms with van der Waals surface area (Å²) in [6.07, 6.45) is 4.12. The predicted molar refractivity (Wildman–Crippen MR) is 103 cm³/mol. The number of nitrogens with one attached hydrogen (secondary N) is 1. The Balaban J connectivity index is 1.90. The average molecular weight is 404 g/mol. The molecule has 1 aliphatic carbocycles. The van der Waals surface area contributed by atoms with Crippen molar-refractivity contribution in [1.82, 2.24) is 0 Å². The molecule has 0 bridgehead atoms. The van der Waals surface area contributed by atoms with Crippen LogP contribution in [0.3, 0.4) is 0 Å². The van der Waals surface area contributed by atoms with E-state index in [0.717, 1.165) is 4.88 Å². The van der Waals surface area contributed by atoms with Crippen molar-refractivity contribution >= 4 is 45.5 Å². The average Bonchev–Trinajstić information content (AvgIpc) is 3.31. The standard InChI is InChI=1S/C19H19NO5S2/c1-2-25-19(24)15-13(14-8-5-9-26-14)10-27-17(15)20-16(21)11-6-3-4-7-12(11)18(22)23/h3-5,8-12H,2,6-7H2,1H3,(H,20,21)(H,22,23)/p-1/t11-,12-/m0/s1. The number of allylic oxidation sites excluding steroid dienone is 2. The summed E-state index contributed by atoms with van der Waals surface area (Å²) < 4.78 is 5.16. The van der Waals surface area contributed by atoms with Crippen LogP contribution in [0, 0.1) is 11.8 Å². The Morgan fingerprint density at radius 1 is 1.22 bits per heavy atom. The Bertz CT molecular complexity index is 869. The highest BCUT2D eigenvalue weighted by Gasteiger charge is 2.31. The van der Waals surface area contributed by atoms with Gasteiger partial charge in [0.25, 0.3) is 0 Å². The van der Waals surface area contributed by atoms with Gasteiger partial charge in [-0.25, -0.2) is 4.79 Å². The van der Waals surface area contributed by atoms with Gasteiger partial charge in [0.05, 0.1) is 12.5 Å². The molecule has 2 aromatic heterocycles. The summed E-state index contributed by atoms with van der Waals surface area (Å²) in [4.78, 5) is 37.5. The molecule has 142 valence electrons. The van der Waals surface area contributed by atoms with Crippen molar-refractivity contribution < 1.29 is 24.2 Å². The first kappa shape index (κ1) is 19.3. The molecule has 8 heteroatoms. The minimum absolute atomic E-state index is 0.214. The molecule has 27 heavy (non-hydrogen) atoms. The van der Waals surface area contributed by atoms with Crippen LogP contribution in [0.5, 0.6) is 0 Å². The molecule has 2 aromatic rings. The van der Waals surface area contributed by atoms with Crippen LogP contribution in [0.15, 0.2) is 35.0 Å². The van der Waals surface area contributed by atoms with Crippen molar-refractivity contribution in [2.45, 2.75) is 19.8 Å². The lowest BCUT2D eigenvalue weighted by atomic mass is 9.82. The van der Waals surface area contributed by atoms with E-state index in [-0.39, 0.29) is 13.0 Å². The number of thiophene rings is 2. The summed E-state index contributed by atoms with van der Waals surface area (Å²) in [6, 6.07) is 3.77. The second kappa shape index (κ2) is 8.49. The molecule has 2 atom stereocenters. The smallest absolute Gasteiger partial charge is 0.341 e. The molecule has 1 amide bonds. The molecule has 1 N–H and O–H groups in total. The maximum atomic E-state index is 12.7. The highest BCUT2D eigenvalue weighted by molar-refractivity contribution is 7.17. The molecule has 0 unspecified atom stereocenters. The minimum Gasteiger partial charge on any atom is -0.550 e. The second-order valence-electron chi connectivity index (χ2n) is 6.02. The number of rotatable bonds is 6. The normalized spacial score (nSPS) is 18.9. The number of hydrogen-bond donors (Lipinski definition) is 1. The third kappa shape index (κ3) is 4.12. The molecule has 0 saturated carbocycles. The maximum absolute atomic E-state index is 12.7. The van der Waals surface area contributed by atoms with Crippen molar-refractivity contribution in [3.05, 3.63) is 40.6 Å². The second-order valence-corrected chi connectivity index (χ2v) is 7.84. The van der Waals surface area contributed by atoms with E-state index in [1.165, 1.54) is 22.7 Å². The van der Waals surface area contributed by atoms with Gasteiger partial charge in [-0.2, -0.15) is 0 Å². The monoisotopic (exact) mass is 404 g/mol. The highest BCUT2D eigenvalue weighted by atomic mass is 32.1. The first-order valence-electron chi connectivity index (χ1n) is 8.52. The van der Waals surface area contributed by atoms with E-state index >= 15 is 0 Å². The van der Waals surface area contributed by atoms with Crippen LogP contribution in [-0.2, 0) is 14.3 Å². The van der Waals surface area contributed by atoms with Gasteiger partial charge in [-0.15, -0.1) is 22.7 Å². The number of carbonyl (C=O) groups is 3. The first-order chi connectivity index (χ1) is 13.0. The van der Waals surface area contributed by atoms with E-state index in [1.54, 1.807) is 24.5 Å². The summed E-state index contributed by atoms with van der Waals surface area (Å²) in [5.41, 5.74) is 0.998. The zero-order valence-electron chi connectivity index (χ0n) is 14.6. The Labute approximate surface area is 164 Å². The van der Waals surface area contributed by atoms with Crippen LogP contribution in [0.1, 0.15) is 30.1 Å². The molecule has 3 rings (SSSR count). The number of esters is 1. The highest BCUT2D eigenvalue weighted by Crippen LogP contribution is 2.39. The largest absolute Gasteiger partial charge is 0.550 e. The summed E-state index contributed by atoms with van der Waals surface area (Å²) in [7, 11) is 0. The van der Waals surface area contributed by atoms with Crippen LogP contribution < -0.4 is 10.4 Å². The molecular weight excluding hydrogens is 386 g/mol. The Morgan fingerprint density at radius 3 is 2.59 bits per heavy atom. The van der Waals surface area contributed by atoms with Gasteiger partial charge in [0.2, 0.25) is 5.91 Å². The van der Waals surface area contributed by atoms with E-state index in [2.05, 4.69) is 5.32 Å². The predicted octanol–water partition coefficient (Wildman–Crippen LogP) is 2.92. The molecule has 1 aliphatic rings. The maximum Gasteiger partial charge on any atom is 0.341 e. The van der Waals surface area contributed by atoms with Crippen molar-refractivity contribution in [2.24, 2.45) is 11.8 Å². The van der Waals surface area contributed by atoms with Crippen molar-refractivity contribution in [3.63, 3.8) is 0 Å². The zero-order chi connectivity index (χ0) is 19.4. The number of aliphatic carboxylic acids is 1. The van der Waals surface area contributed by atoms with E-state index in [1.807, 2.05) is 17.5 Å². The van der Waals surface area contributed by atoms with Crippen molar-refractivity contribution in [2.75, 3.05) is 11.9 Å². The first-order valence-corrected chi connectivity index (χ1v) is 10.3. The summed E-state index contributed by atoms with van der Waals surface area (Å²) in [5, 5.41) is 18.2. The van der Waals surface area contributed by atoms with E-state index in [4.69, 9.17) is 4.74 Å². The van der Waals surface area contributed by atoms with Gasteiger partial charge in [0.1, 0.15) is 10.6 Å². The third-order valence-electron chi connectivity index (χ3n) is 4.37. The lowest BCUT2D eigenvalue weighted by Crippen LogP contribution is -2.41. The summed E-state index contributed by atoms with van der Waals surface area (Å²) in [6.45, 7) is 1.93. The molecule has 0 aromatic carbocycles. The lowest BCUT2D eigenvalue weighted by Gasteiger charge is -2.28. The SMILES string of the molecule is CCOC(=O)c1c(-c2cccs2)csc1NC(=O)[C@H]1CC=CC[C@@H]1C(=O)[O-]. The van der Waals surface area contributed by atoms with Gasteiger partial charge in [0.15, 0.2) is 0 Å². The molecule has 0 fully saturated rings. The number of carbonyl (C=O) groups excluding carboxylic acids is 3. The Kier molecular flexibility index (Phi) is 6.08. The van der Waals surface area contributed by atoms with Crippen LogP contribution in [0.4, 0.5) is 5.00 Å². The molecule has 0 radical (unpaired) electrons. The van der Waals surface area contributed by atoms with E-state index < -0.39 is 29.7 Å². The summed E-state index contributed by atoms with van der Waals surface area (Å²) in [5.74, 6) is -3.80. The quantitative estimate of drug-likeness (QED) is 0.590. The van der Waals surface area contributed by atoms with Crippen molar-refractivity contribution in [3.8, 4) is 10.4 Å². The fraction of sp³-hybridized carbons (Fsp3) is 0.316. The van der Waals surface area contributed by atoms with E-state index in [9.17, 15) is 19.5 Å². The molecule has 6 nitrogen and oxygen atoms in total. The van der Waals surface area contributed by atoms with Crippen LogP contribution >= 0.6 is 22.7 Å². The zero-order valence-corrected chi connectivity index (χ0v) is 16.2. The number of anilines is 1. The molecular formula is C19H18NO5S2-. The third-order valence-corrected chi connectivity index (χ3v) is 6.16. The van der Waals surface area contributed by atoms with Crippen LogP contribution in [0.2, 0.25) is 0 Å². The number of carboxylic acid groups (broad SMARTS) is 1. The number of hydrogen-bond acceptors (Lipinski definition) is 7. The Morgan fingerprint density at radius 2 is 1.96 bits per heavy atom. The minimum atomic E-state index is -1.24. The van der Waals surface area contributed by atoms with E-state index in [0.29, 0.717) is 22.5 Å². The van der Waals surface area contributed by atoms with Crippen LogP contribution in [0.25, 0.3) is 10.4 Å². The fourth-order valence-corrected chi connectivity index (χ4v) is 4.81. The lowest BCUT2D eigenvalue weighted by molar-refractivity contribution is -0.313. The van der Waals surface area contributed by atoms with Gasteiger partial charge in [-0.05, 0) is 31.2 Å². The van der Waals surface area contributed by atoms with Crippen molar-refractivity contribution in [1.29, 1.82) is 0 Å². The fourth-order valence-electron chi connectivity index (χ4n) is 3.04. The number of amides is 1. The Hall–Kier alpha value is -2.45. The number of ether oxygens (including phenoxy) is 1. The van der Waals surface area contributed by atoms with Gasteiger partial charge in [-0.1, -0.05) is 18.2 Å². The number of carboxylic acids is 1.